The van der Waals surface area contributed by atoms with E-state index in [1.165, 1.54) is 11.8 Å². The lowest BCUT2D eigenvalue weighted by Crippen LogP contribution is -2.42. The molecule has 1 aromatic heterocycles. The van der Waals surface area contributed by atoms with Crippen molar-refractivity contribution < 1.29 is 9.53 Å². The van der Waals surface area contributed by atoms with Gasteiger partial charge in [0.2, 0.25) is 0 Å². The largest absolute Gasteiger partial charge is 0.413 e. The van der Waals surface area contributed by atoms with Crippen LogP contribution >= 0.6 is 11.8 Å². The Morgan fingerprint density at radius 2 is 1.83 bits per heavy atom. The van der Waals surface area contributed by atoms with E-state index >= 15 is 0 Å². The Hall–Kier alpha value is -2.08. The van der Waals surface area contributed by atoms with E-state index in [1.54, 1.807) is 0 Å². The number of carbonyl (C=O) groups excluding carboxylic acids is 1. The molecule has 6 heteroatoms. The number of aryl methyl sites for hydroxylation is 2. The van der Waals surface area contributed by atoms with Crippen molar-refractivity contribution in [3.05, 3.63) is 35.5 Å². The highest BCUT2D eigenvalue weighted by Crippen LogP contribution is 2.34. The van der Waals surface area contributed by atoms with Crippen LogP contribution in [0.4, 0.5) is 4.79 Å². The summed E-state index contributed by atoms with van der Waals surface area (Å²) < 4.78 is 5.58. The first kappa shape index (κ1) is 18.3. The summed E-state index contributed by atoms with van der Waals surface area (Å²) in [6.45, 7) is 9.53. The van der Waals surface area contributed by atoms with E-state index in [2.05, 4.69) is 15.3 Å². The quantitative estimate of drug-likeness (QED) is 0.661. The van der Waals surface area contributed by atoms with Gasteiger partial charge in [0.05, 0.1) is 5.69 Å². The maximum atomic E-state index is 12.2. The molecule has 0 fully saturated rings. The SMILES string of the molecule is CSc1nc(C)c(OC(=O)NC(C)(C)C)c(-c2ccccc2C)n1. The number of nitrogens with one attached hydrogen (secondary N) is 1. The fourth-order valence-electron chi connectivity index (χ4n) is 2.20. The molecule has 128 valence electrons. The first-order valence-electron chi connectivity index (χ1n) is 7.70. The zero-order chi connectivity index (χ0) is 17.9. The molecule has 0 aliphatic heterocycles. The number of nitrogens with zero attached hydrogens (tertiary/aromatic N) is 2. The van der Waals surface area contributed by atoms with E-state index < -0.39 is 6.09 Å². The van der Waals surface area contributed by atoms with Crippen LogP contribution in [0.2, 0.25) is 0 Å². The van der Waals surface area contributed by atoms with E-state index in [1.807, 2.05) is 65.1 Å². The molecule has 5 nitrogen and oxygen atoms in total. The van der Waals surface area contributed by atoms with Crippen molar-refractivity contribution in [1.29, 1.82) is 0 Å². The number of hydrogen-bond acceptors (Lipinski definition) is 5. The van der Waals surface area contributed by atoms with Crippen LogP contribution in [0.1, 0.15) is 32.0 Å². The molecular weight excluding hydrogens is 322 g/mol. The van der Waals surface area contributed by atoms with Gasteiger partial charge < -0.3 is 10.1 Å². The molecule has 0 radical (unpaired) electrons. The minimum atomic E-state index is -0.513. The van der Waals surface area contributed by atoms with Gasteiger partial charge in [0.15, 0.2) is 10.9 Å². The van der Waals surface area contributed by atoms with Crippen molar-refractivity contribution >= 4 is 17.9 Å². The van der Waals surface area contributed by atoms with Crippen molar-refractivity contribution in [3.8, 4) is 17.0 Å². The molecule has 0 bridgehead atoms. The summed E-state index contributed by atoms with van der Waals surface area (Å²) in [7, 11) is 0. The molecule has 0 aliphatic carbocycles. The predicted molar refractivity (Wildman–Crippen MR) is 97.6 cm³/mol. The number of hydrogen-bond donors (Lipinski definition) is 1. The number of amides is 1. The number of benzene rings is 1. The molecule has 0 spiro atoms. The van der Waals surface area contributed by atoms with Gasteiger partial charge >= 0.3 is 6.09 Å². The Balaban J connectivity index is 2.51. The second-order valence-electron chi connectivity index (χ2n) is 6.55. The van der Waals surface area contributed by atoms with Crippen LogP contribution < -0.4 is 10.1 Å². The highest BCUT2D eigenvalue weighted by atomic mass is 32.2. The van der Waals surface area contributed by atoms with Crippen LogP contribution in [0.3, 0.4) is 0 Å². The third-order valence-electron chi connectivity index (χ3n) is 3.27. The summed E-state index contributed by atoms with van der Waals surface area (Å²) in [6.07, 6.45) is 1.41. The molecule has 0 unspecified atom stereocenters. The zero-order valence-electron chi connectivity index (χ0n) is 14.9. The second kappa shape index (κ2) is 7.21. The second-order valence-corrected chi connectivity index (χ2v) is 7.33. The Bertz CT molecular complexity index is 754. The first-order valence-corrected chi connectivity index (χ1v) is 8.92. The van der Waals surface area contributed by atoms with Crippen molar-refractivity contribution in [3.63, 3.8) is 0 Å². The molecule has 24 heavy (non-hydrogen) atoms. The molecule has 1 aromatic carbocycles. The Labute approximate surface area is 147 Å². The number of carbonyl (C=O) groups is 1. The van der Waals surface area contributed by atoms with Gasteiger partial charge in [-0.05, 0) is 46.4 Å². The molecule has 0 saturated carbocycles. The topological polar surface area (TPSA) is 64.1 Å². The Morgan fingerprint density at radius 3 is 2.42 bits per heavy atom. The van der Waals surface area contributed by atoms with Crippen LogP contribution in [0.25, 0.3) is 11.3 Å². The van der Waals surface area contributed by atoms with Gasteiger partial charge in [0, 0.05) is 11.1 Å². The van der Waals surface area contributed by atoms with Crippen LogP contribution in [0.15, 0.2) is 29.4 Å². The molecule has 0 aliphatic rings. The number of ether oxygens (including phenoxy) is 1. The van der Waals surface area contributed by atoms with Gasteiger partial charge in [-0.1, -0.05) is 36.0 Å². The van der Waals surface area contributed by atoms with Crippen LogP contribution in [-0.4, -0.2) is 27.9 Å². The Morgan fingerprint density at radius 1 is 1.17 bits per heavy atom. The first-order chi connectivity index (χ1) is 11.2. The summed E-state index contributed by atoms with van der Waals surface area (Å²) >= 11 is 1.46. The summed E-state index contributed by atoms with van der Waals surface area (Å²) in [5, 5.41) is 3.44. The maximum absolute atomic E-state index is 12.2. The average Bonchev–Trinajstić information content (AvgIpc) is 2.48. The van der Waals surface area contributed by atoms with E-state index in [9.17, 15) is 4.79 Å². The van der Waals surface area contributed by atoms with Crippen LogP contribution in [-0.2, 0) is 0 Å². The average molecular weight is 345 g/mol. The lowest BCUT2D eigenvalue weighted by atomic mass is 10.0. The lowest BCUT2D eigenvalue weighted by molar-refractivity contribution is 0.190. The molecule has 2 rings (SSSR count). The van der Waals surface area contributed by atoms with E-state index in [4.69, 9.17) is 4.74 Å². The minimum absolute atomic E-state index is 0.381. The Kier molecular flexibility index (Phi) is 5.49. The van der Waals surface area contributed by atoms with Gasteiger partial charge in [-0.15, -0.1) is 0 Å². The molecule has 0 saturated heterocycles. The highest BCUT2D eigenvalue weighted by molar-refractivity contribution is 7.98. The van der Waals surface area contributed by atoms with E-state index in [-0.39, 0.29) is 5.54 Å². The molecular formula is C18H23N3O2S. The minimum Gasteiger partial charge on any atom is -0.406 e. The highest BCUT2D eigenvalue weighted by Gasteiger charge is 2.21. The third-order valence-corrected chi connectivity index (χ3v) is 3.82. The summed E-state index contributed by atoms with van der Waals surface area (Å²) in [6, 6.07) is 7.88. The number of rotatable bonds is 3. The molecule has 1 N–H and O–H groups in total. The predicted octanol–water partition coefficient (Wildman–Crippen LogP) is 4.37. The van der Waals surface area contributed by atoms with Gasteiger partial charge in [-0.25, -0.2) is 14.8 Å². The molecule has 1 heterocycles. The number of aromatic nitrogens is 2. The summed E-state index contributed by atoms with van der Waals surface area (Å²) in [5.41, 5.74) is 2.87. The normalized spacial score (nSPS) is 11.2. The van der Waals surface area contributed by atoms with Crippen molar-refractivity contribution in [2.75, 3.05) is 6.26 Å². The molecule has 1 amide bonds. The molecule has 0 atom stereocenters. The smallest absolute Gasteiger partial charge is 0.406 e. The molecule has 2 aromatic rings. The van der Waals surface area contributed by atoms with Gasteiger partial charge in [-0.2, -0.15) is 0 Å². The van der Waals surface area contributed by atoms with Gasteiger partial charge in [-0.3, -0.25) is 0 Å². The van der Waals surface area contributed by atoms with E-state index in [0.29, 0.717) is 22.3 Å². The maximum Gasteiger partial charge on any atom is 0.413 e. The fraction of sp³-hybridized carbons (Fsp3) is 0.389. The zero-order valence-corrected chi connectivity index (χ0v) is 15.7. The lowest BCUT2D eigenvalue weighted by Gasteiger charge is -2.21. The van der Waals surface area contributed by atoms with Crippen molar-refractivity contribution in [2.24, 2.45) is 0 Å². The summed E-state index contributed by atoms with van der Waals surface area (Å²) in [5.74, 6) is 0.392. The monoisotopic (exact) mass is 345 g/mol. The van der Waals surface area contributed by atoms with Crippen LogP contribution in [0, 0.1) is 13.8 Å². The van der Waals surface area contributed by atoms with Crippen LogP contribution in [0.5, 0.6) is 5.75 Å². The third kappa shape index (κ3) is 4.47. The van der Waals surface area contributed by atoms with E-state index in [0.717, 1.165) is 11.1 Å². The van der Waals surface area contributed by atoms with Crippen molar-refractivity contribution in [1.82, 2.24) is 15.3 Å². The fourth-order valence-corrected chi connectivity index (χ4v) is 2.61. The van der Waals surface area contributed by atoms with Gasteiger partial charge in [0.25, 0.3) is 0 Å². The summed E-state index contributed by atoms with van der Waals surface area (Å²) in [4.78, 5) is 21.2. The standard InChI is InChI=1S/C18H23N3O2S/c1-11-9-7-8-10-13(11)14-15(12(2)19-16(20-14)24-6)23-17(22)21-18(3,4)5/h7-10H,1-6H3,(H,21,22). The van der Waals surface area contributed by atoms with Gasteiger partial charge in [0.1, 0.15) is 5.69 Å². The number of thioether (sulfide) groups is 1. The van der Waals surface area contributed by atoms with Crippen molar-refractivity contribution in [2.45, 2.75) is 45.3 Å².